The van der Waals surface area contributed by atoms with Gasteiger partial charge in [-0.3, -0.25) is 0 Å². The zero-order chi connectivity index (χ0) is 13.1. The number of hydrogen-bond donors (Lipinski definition) is 1. The van der Waals surface area contributed by atoms with Crippen LogP contribution in [-0.2, 0) is 4.74 Å². The van der Waals surface area contributed by atoms with Gasteiger partial charge in [-0.05, 0) is 31.2 Å². The van der Waals surface area contributed by atoms with Crippen LogP contribution >= 0.6 is 11.3 Å². The Morgan fingerprint density at radius 3 is 3.26 bits per heavy atom. The average molecular weight is 279 g/mol. The van der Waals surface area contributed by atoms with Crippen LogP contribution in [0.3, 0.4) is 0 Å². The van der Waals surface area contributed by atoms with Crippen LogP contribution in [0.5, 0.6) is 5.88 Å². The van der Waals surface area contributed by atoms with Crippen molar-refractivity contribution >= 4 is 27.5 Å². The molecule has 3 rings (SSSR count). The van der Waals surface area contributed by atoms with Gasteiger partial charge in [0.2, 0.25) is 11.8 Å². The lowest BCUT2D eigenvalue weighted by Gasteiger charge is -2.12. The van der Waals surface area contributed by atoms with Crippen molar-refractivity contribution in [3.63, 3.8) is 0 Å². The maximum atomic E-state index is 5.84. The van der Waals surface area contributed by atoms with Gasteiger partial charge in [0.05, 0.1) is 11.5 Å². The summed E-state index contributed by atoms with van der Waals surface area (Å²) in [5, 5.41) is 6.12. The van der Waals surface area contributed by atoms with E-state index in [4.69, 9.17) is 9.47 Å². The van der Waals surface area contributed by atoms with Crippen LogP contribution in [0.4, 0.5) is 5.95 Å². The number of aromatic nitrogens is 2. The fourth-order valence-electron chi connectivity index (χ4n) is 2.12. The fourth-order valence-corrected chi connectivity index (χ4v) is 2.88. The van der Waals surface area contributed by atoms with E-state index in [1.54, 1.807) is 11.3 Å². The van der Waals surface area contributed by atoms with Crippen molar-refractivity contribution in [2.24, 2.45) is 0 Å². The van der Waals surface area contributed by atoms with E-state index in [1.165, 1.54) is 0 Å². The van der Waals surface area contributed by atoms with E-state index in [0.29, 0.717) is 18.4 Å². The van der Waals surface area contributed by atoms with E-state index in [1.807, 2.05) is 18.4 Å². The number of thiophene rings is 1. The van der Waals surface area contributed by atoms with Gasteiger partial charge in [0, 0.05) is 13.2 Å². The summed E-state index contributed by atoms with van der Waals surface area (Å²) < 4.78 is 11.4. The first kappa shape index (κ1) is 12.6. The summed E-state index contributed by atoms with van der Waals surface area (Å²) in [4.78, 5) is 9.83. The van der Waals surface area contributed by atoms with Gasteiger partial charge in [-0.2, -0.15) is 4.98 Å². The van der Waals surface area contributed by atoms with Crippen molar-refractivity contribution in [2.75, 3.05) is 25.1 Å². The van der Waals surface area contributed by atoms with Gasteiger partial charge in [0.1, 0.15) is 11.4 Å². The fraction of sp³-hybridized carbons (Fsp3) is 0.538. The largest absolute Gasteiger partial charge is 0.474 e. The molecule has 1 N–H and O–H groups in total. The molecule has 0 amide bonds. The summed E-state index contributed by atoms with van der Waals surface area (Å²) in [6.45, 7) is 4.22. The van der Waals surface area contributed by atoms with Crippen molar-refractivity contribution in [3.05, 3.63) is 11.4 Å². The van der Waals surface area contributed by atoms with E-state index in [0.717, 1.165) is 36.2 Å². The summed E-state index contributed by atoms with van der Waals surface area (Å²) in [5.74, 6) is 1.28. The molecule has 0 aliphatic carbocycles. The third-order valence-electron chi connectivity index (χ3n) is 3.05. The molecule has 1 saturated heterocycles. The minimum Gasteiger partial charge on any atom is -0.474 e. The molecular weight excluding hydrogens is 262 g/mol. The molecule has 2 aromatic rings. The van der Waals surface area contributed by atoms with Crippen molar-refractivity contribution in [1.29, 1.82) is 0 Å². The molecule has 1 unspecified atom stereocenters. The van der Waals surface area contributed by atoms with Crippen molar-refractivity contribution < 1.29 is 9.47 Å². The van der Waals surface area contributed by atoms with E-state index in [9.17, 15) is 0 Å². The van der Waals surface area contributed by atoms with Crippen LogP contribution < -0.4 is 10.1 Å². The summed E-state index contributed by atoms with van der Waals surface area (Å²) in [6, 6.07) is 2.00. The minimum absolute atomic E-state index is 0.200. The summed E-state index contributed by atoms with van der Waals surface area (Å²) in [7, 11) is 0. The Hall–Kier alpha value is -1.40. The highest BCUT2D eigenvalue weighted by Gasteiger charge is 2.18. The molecule has 19 heavy (non-hydrogen) atoms. The van der Waals surface area contributed by atoms with Crippen LogP contribution in [0.2, 0.25) is 0 Å². The molecule has 1 atom stereocenters. The SMILES string of the molecule is CCNc1nc(OCC2CCCO2)c2ccsc2n1. The number of anilines is 1. The molecule has 102 valence electrons. The predicted molar refractivity (Wildman–Crippen MR) is 76.0 cm³/mol. The highest BCUT2D eigenvalue weighted by molar-refractivity contribution is 7.16. The molecule has 1 fully saturated rings. The van der Waals surface area contributed by atoms with Gasteiger partial charge in [0.25, 0.3) is 0 Å². The quantitative estimate of drug-likeness (QED) is 0.912. The topological polar surface area (TPSA) is 56.3 Å². The maximum absolute atomic E-state index is 5.84. The Labute approximate surface area is 116 Å². The van der Waals surface area contributed by atoms with E-state index in [2.05, 4.69) is 15.3 Å². The van der Waals surface area contributed by atoms with Crippen molar-refractivity contribution in [2.45, 2.75) is 25.9 Å². The van der Waals surface area contributed by atoms with Crippen LogP contribution in [0.25, 0.3) is 10.2 Å². The molecule has 1 aliphatic rings. The van der Waals surface area contributed by atoms with Crippen LogP contribution in [-0.4, -0.2) is 35.8 Å². The van der Waals surface area contributed by atoms with E-state index in [-0.39, 0.29) is 6.10 Å². The van der Waals surface area contributed by atoms with Gasteiger partial charge in [-0.1, -0.05) is 0 Å². The third kappa shape index (κ3) is 2.79. The molecule has 1 aliphatic heterocycles. The molecule has 5 nitrogen and oxygen atoms in total. The number of fused-ring (bicyclic) bond motifs is 1. The average Bonchev–Trinajstić information content (AvgIpc) is 3.07. The van der Waals surface area contributed by atoms with E-state index >= 15 is 0 Å². The second-order valence-corrected chi connectivity index (χ2v) is 5.36. The number of hydrogen-bond acceptors (Lipinski definition) is 6. The zero-order valence-electron chi connectivity index (χ0n) is 10.9. The van der Waals surface area contributed by atoms with Crippen LogP contribution in [0.15, 0.2) is 11.4 Å². The maximum Gasteiger partial charge on any atom is 0.227 e. The van der Waals surface area contributed by atoms with E-state index < -0.39 is 0 Å². The second-order valence-electron chi connectivity index (χ2n) is 4.47. The van der Waals surface area contributed by atoms with Gasteiger partial charge in [-0.15, -0.1) is 11.3 Å². The zero-order valence-corrected chi connectivity index (χ0v) is 11.7. The van der Waals surface area contributed by atoms with Crippen LogP contribution in [0, 0.1) is 0 Å². The van der Waals surface area contributed by atoms with Crippen LogP contribution in [0.1, 0.15) is 19.8 Å². The lowest BCUT2D eigenvalue weighted by atomic mass is 10.2. The summed E-state index contributed by atoms with van der Waals surface area (Å²) >= 11 is 1.60. The summed E-state index contributed by atoms with van der Waals surface area (Å²) in [6.07, 6.45) is 2.39. The molecule has 0 saturated carbocycles. The van der Waals surface area contributed by atoms with Gasteiger partial charge in [-0.25, -0.2) is 4.98 Å². The standard InChI is InChI=1S/C13H17N3O2S/c1-2-14-13-15-11(10-5-7-19-12(10)16-13)18-8-9-4-3-6-17-9/h5,7,9H,2-4,6,8H2,1H3,(H,14,15,16). The number of rotatable bonds is 5. The molecule has 2 aromatic heterocycles. The Kier molecular flexibility index (Phi) is 3.79. The first-order valence-electron chi connectivity index (χ1n) is 6.60. The lowest BCUT2D eigenvalue weighted by molar-refractivity contribution is 0.0669. The van der Waals surface area contributed by atoms with Gasteiger partial charge >= 0.3 is 0 Å². The molecular formula is C13H17N3O2S. The monoisotopic (exact) mass is 279 g/mol. The van der Waals surface area contributed by atoms with Gasteiger partial charge in [0.15, 0.2) is 0 Å². The first-order valence-corrected chi connectivity index (χ1v) is 7.48. The van der Waals surface area contributed by atoms with Crippen molar-refractivity contribution in [3.8, 4) is 5.88 Å². The van der Waals surface area contributed by atoms with Gasteiger partial charge < -0.3 is 14.8 Å². The molecule has 0 radical (unpaired) electrons. The highest BCUT2D eigenvalue weighted by atomic mass is 32.1. The Morgan fingerprint density at radius 1 is 1.53 bits per heavy atom. The Bertz CT molecular complexity index is 552. The lowest BCUT2D eigenvalue weighted by Crippen LogP contribution is -2.17. The molecule has 0 bridgehead atoms. The predicted octanol–water partition coefficient (Wildman–Crippen LogP) is 2.68. The second kappa shape index (κ2) is 5.71. The first-order chi connectivity index (χ1) is 9.36. The smallest absolute Gasteiger partial charge is 0.227 e. The molecule has 3 heterocycles. The van der Waals surface area contributed by atoms with Crippen molar-refractivity contribution in [1.82, 2.24) is 9.97 Å². The number of nitrogens with zero attached hydrogens (tertiary/aromatic N) is 2. The Morgan fingerprint density at radius 2 is 2.47 bits per heavy atom. The third-order valence-corrected chi connectivity index (χ3v) is 3.86. The minimum atomic E-state index is 0.200. The molecule has 0 spiro atoms. The molecule has 6 heteroatoms. The normalized spacial score (nSPS) is 18.9. The number of nitrogens with one attached hydrogen (secondary N) is 1. The Balaban J connectivity index is 1.80. The highest BCUT2D eigenvalue weighted by Crippen LogP contribution is 2.28. The number of ether oxygens (including phenoxy) is 2. The molecule has 0 aromatic carbocycles. The summed E-state index contributed by atoms with van der Waals surface area (Å²) in [5.41, 5.74) is 0.